The first-order valence-electron chi connectivity index (χ1n) is 5.95. The van der Waals surface area contributed by atoms with E-state index in [0.717, 1.165) is 11.3 Å². The maximum absolute atomic E-state index is 13.0. The SMILES string of the molecule is CC(=O)c1ccc(NCc2cccc(F)c2)cc1N. The van der Waals surface area contributed by atoms with Crippen LogP contribution in [-0.4, -0.2) is 5.78 Å². The summed E-state index contributed by atoms with van der Waals surface area (Å²) in [5.74, 6) is -0.320. The van der Waals surface area contributed by atoms with Crippen molar-refractivity contribution in [1.29, 1.82) is 0 Å². The molecule has 0 aliphatic rings. The van der Waals surface area contributed by atoms with Gasteiger partial charge >= 0.3 is 0 Å². The largest absolute Gasteiger partial charge is 0.398 e. The molecular formula is C15H15FN2O. The summed E-state index contributed by atoms with van der Waals surface area (Å²) in [6, 6.07) is 11.6. The molecule has 0 aromatic heterocycles. The van der Waals surface area contributed by atoms with Crippen molar-refractivity contribution in [3.63, 3.8) is 0 Å². The normalized spacial score (nSPS) is 10.2. The van der Waals surface area contributed by atoms with Gasteiger partial charge in [-0.25, -0.2) is 4.39 Å². The van der Waals surface area contributed by atoms with E-state index in [4.69, 9.17) is 5.73 Å². The van der Waals surface area contributed by atoms with Crippen LogP contribution in [0.4, 0.5) is 15.8 Å². The lowest BCUT2D eigenvalue weighted by atomic mass is 10.1. The standard InChI is InChI=1S/C15H15FN2O/c1-10(19)14-6-5-13(8-15(14)17)18-9-11-3-2-4-12(16)7-11/h2-8,18H,9,17H2,1H3. The van der Waals surface area contributed by atoms with Gasteiger partial charge in [-0.05, 0) is 42.8 Å². The highest BCUT2D eigenvalue weighted by Crippen LogP contribution is 2.19. The second-order valence-electron chi connectivity index (χ2n) is 4.34. The van der Waals surface area contributed by atoms with Crippen molar-refractivity contribution in [3.8, 4) is 0 Å². The fourth-order valence-electron chi connectivity index (χ4n) is 1.84. The van der Waals surface area contributed by atoms with Crippen molar-refractivity contribution in [2.45, 2.75) is 13.5 Å². The zero-order valence-electron chi connectivity index (χ0n) is 10.6. The number of carbonyl (C=O) groups is 1. The van der Waals surface area contributed by atoms with Crippen molar-refractivity contribution in [3.05, 3.63) is 59.4 Å². The van der Waals surface area contributed by atoms with Crippen molar-refractivity contribution in [1.82, 2.24) is 0 Å². The Morgan fingerprint density at radius 2 is 2.05 bits per heavy atom. The van der Waals surface area contributed by atoms with Crippen LogP contribution in [0.5, 0.6) is 0 Å². The average molecular weight is 258 g/mol. The monoisotopic (exact) mass is 258 g/mol. The van der Waals surface area contributed by atoms with Crippen LogP contribution in [0.3, 0.4) is 0 Å². The Morgan fingerprint density at radius 3 is 2.68 bits per heavy atom. The summed E-state index contributed by atoms with van der Waals surface area (Å²) in [6.07, 6.45) is 0. The van der Waals surface area contributed by atoms with Crippen molar-refractivity contribution >= 4 is 17.2 Å². The number of ketones is 1. The van der Waals surface area contributed by atoms with Gasteiger partial charge in [-0.2, -0.15) is 0 Å². The summed E-state index contributed by atoms with van der Waals surface area (Å²) < 4.78 is 13.0. The summed E-state index contributed by atoms with van der Waals surface area (Å²) in [5.41, 5.74) is 8.39. The molecule has 3 N–H and O–H groups in total. The highest BCUT2D eigenvalue weighted by atomic mass is 19.1. The number of nitrogen functional groups attached to an aromatic ring is 1. The molecule has 2 aromatic carbocycles. The van der Waals surface area contributed by atoms with Gasteiger partial charge in [0.05, 0.1) is 0 Å². The third-order valence-corrected chi connectivity index (χ3v) is 2.82. The van der Waals surface area contributed by atoms with Crippen LogP contribution in [-0.2, 0) is 6.54 Å². The van der Waals surface area contributed by atoms with Crippen molar-refractivity contribution < 1.29 is 9.18 Å². The van der Waals surface area contributed by atoms with Gasteiger partial charge in [0.25, 0.3) is 0 Å². The number of halogens is 1. The van der Waals surface area contributed by atoms with Crippen LogP contribution in [0.15, 0.2) is 42.5 Å². The lowest BCUT2D eigenvalue weighted by Crippen LogP contribution is -2.03. The number of rotatable bonds is 4. The smallest absolute Gasteiger partial charge is 0.161 e. The maximum Gasteiger partial charge on any atom is 0.161 e. The molecule has 2 aromatic rings. The number of anilines is 2. The molecular weight excluding hydrogens is 243 g/mol. The Bertz CT molecular complexity index is 611. The van der Waals surface area contributed by atoms with E-state index >= 15 is 0 Å². The highest BCUT2D eigenvalue weighted by molar-refractivity contribution is 5.99. The van der Waals surface area contributed by atoms with Gasteiger partial charge in [0.1, 0.15) is 5.82 Å². The minimum absolute atomic E-state index is 0.0609. The summed E-state index contributed by atoms with van der Waals surface area (Å²) in [4.78, 5) is 11.3. The number of benzene rings is 2. The summed E-state index contributed by atoms with van der Waals surface area (Å²) in [5, 5.41) is 3.14. The van der Waals surface area contributed by atoms with Crippen molar-refractivity contribution in [2.24, 2.45) is 0 Å². The van der Waals surface area contributed by atoms with Gasteiger partial charge in [-0.3, -0.25) is 4.79 Å². The van der Waals surface area contributed by atoms with Gasteiger partial charge in [0, 0.05) is 23.5 Å². The first kappa shape index (κ1) is 13.1. The second kappa shape index (κ2) is 5.52. The zero-order chi connectivity index (χ0) is 13.8. The van der Waals surface area contributed by atoms with Crippen LogP contribution in [0.25, 0.3) is 0 Å². The topological polar surface area (TPSA) is 55.1 Å². The Labute approximate surface area is 111 Å². The van der Waals surface area contributed by atoms with E-state index in [-0.39, 0.29) is 11.6 Å². The van der Waals surface area contributed by atoms with Crippen molar-refractivity contribution in [2.75, 3.05) is 11.1 Å². The molecule has 0 fully saturated rings. The van der Waals surface area contributed by atoms with Crippen LogP contribution in [0, 0.1) is 5.82 Å². The second-order valence-corrected chi connectivity index (χ2v) is 4.34. The van der Waals surface area contributed by atoms with E-state index in [0.29, 0.717) is 17.8 Å². The highest BCUT2D eigenvalue weighted by Gasteiger charge is 2.05. The number of hydrogen-bond acceptors (Lipinski definition) is 3. The van der Waals surface area contributed by atoms with E-state index in [1.54, 1.807) is 24.3 Å². The van der Waals surface area contributed by atoms with Gasteiger partial charge in [0.2, 0.25) is 0 Å². The summed E-state index contributed by atoms with van der Waals surface area (Å²) in [6.45, 7) is 1.97. The molecule has 2 rings (SSSR count). The molecule has 0 amide bonds. The molecule has 3 nitrogen and oxygen atoms in total. The molecule has 0 saturated heterocycles. The fourth-order valence-corrected chi connectivity index (χ4v) is 1.84. The molecule has 0 heterocycles. The number of hydrogen-bond donors (Lipinski definition) is 2. The summed E-state index contributed by atoms with van der Waals surface area (Å²) >= 11 is 0. The molecule has 0 saturated carbocycles. The van der Waals surface area contributed by atoms with E-state index in [9.17, 15) is 9.18 Å². The molecule has 0 unspecified atom stereocenters. The Hall–Kier alpha value is -2.36. The number of carbonyl (C=O) groups excluding carboxylic acids is 1. The Kier molecular flexibility index (Phi) is 3.80. The number of Topliss-reactive ketones (excluding diaryl/α,β-unsaturated/α-hetero) is 1. The molecule has 0 aliphatic carbocycles. The zero-order valence-corrected chi connectivity index (χ0v) is 10.6. The summed E-state index contributed by atoms with van der Waals surface area (Å²) in [7, 11) is 0. The third-order valence-electron chi connectivity index (χ3n) is 2.82. The van der Waals surface area contributed by atoms with E-state index < -0.39 is 0 Å². The van der Waals surface area contributed by atoms with Crippen LogP contribution >= 0.6 is 0 Å². The minimum Gasteiger partial charge on any atom is -0.398 e. The third kappa shape index (κ3) is 3.31. The van der Waals surface area contributed by atoms with E-state index in [1.807, 2.05) is 6.07 Å². The predicted molar refractivity (Wildman–Crippen MR) is 74.6 cm³/mol. The molecule has 0 atom stereocenters. The fraction of sp³-hybridized carbons (Fsp3) is 0.133. The quantitative estimate of drug-likeness (QED) is 0.654. The average Bonchev–Trinajstić information content (AvgIpc) is 2.36. The molecule has 0 aliphatic heterocycles. The van der Waals surface area contributed by atoms with Gasteiger partial charge in [-0.1, -0.05) is 12.1 Å². The van der Waals surface area contributed by atoms with Crippen LogP contribution in [0.2, 0.25) is 0 Å². The minimum atomic E-state index is -0.259. The predicted octanol–water partition coefficient (Wildman–Crippen LogP) is 3.22. The first-order valence-corrected chi connectivity index (χ1v) is 5.95. The Morgan fingerprint density at radius 1 is 1.26 bits per heavy atom. The molecule has 19 heavy (non-hydrogen) atoms. The first-order chi connectivity index (χ1) is 9.06. The van der Waals surface area contributed by atoms with Crippen LogP contribution < -0.4 is 11.1 Å². The number of nitrogens with one attached hydrogen (secondary N) is 1. The Balaban J connectivity index is 2.08. The molecule has 98 valence electrons. The molecule has 0 bridgehead atoms. The van der Waals surface area contributed by atoms with Gasteiger partial charge < -0.3 is 11.1 Å². The van der Waals surface area contributed by atoms with E-state index in [2.05, 4.69) is 5.32 Å². The lowest BCUT2D eigenvalue weighted by Gasteiger charge is -2.09. The van der Waals surface area contributed by atoms with Gasteiger partial charge in [-0.15, -0.1) is 0 Å². The molecule has 0 spiro atoms. The molecule has 4 heteroatoms. The number of nitrogens with two attached hydrogens (primary N) is 1. The van der Waals surface area contributed by atoms with Gasteiger partial charge in [0.15, 0.2) is 5.78 Å². The lowest BCUT2D eigenvalue weighted by molar-refractivity contribution is 0.101. The maximum atomic E-state index is 13.0. The van der Waals surface area contributed by atoms with E-state index in [1.165, 1.54) is 19.1 Å². The molecule has 0 radical (unpaired) electrons. The van der Waals surface area contributed by atoms with Crippen LogP contribution in [0.1, 0.15) is 22.8 Å².